The fourth-order valence-electron chi connectivity index (χ4n) is 2.58. The number of fused-ring (bicyclic) bond motifs is 3. The molecule has 18 heavy (non-hydrogen) atoms. The normalized spacial score (nSPS) is 18.7. The van der Waals surface area contributed by atoms with Gasteiger partial charge in [0.25, 0.3) is 0 Å². The summed E-state index contributed by atoms with van der Waals surface area (Å²) >= 11 is 1.95. The molecule has 1 atom stereocenters. The van der Waals surface area contributed by atoms with Crippen molar-refractivity contribution in [1.29, 1.82) is 0 Å². The number of aromatic amines is 1. The lowest BCUT2D eigenvalue weighted by molar-refractivity contribution is 0.661. The van der Waals surface area contributed by atoms with E-state index in [9.17, 15) is 0 Å². The van der Waals surface area contributed by atoms with E-state index in [0.29, 0.717) is 5.92 Å². The number of para-hydroxylation sites is 1. The molecular weight excluding hydrogens is 240 g/mol. The first-order chi connectivity index (χ1) is 8.75. The Labute approximate surface area is 112 Å². The second-order valence-corrected chi connectivity index (χ2v) is 6.14. The molecule has 0 spiro atoms. The lowest BCUT2D eigenvalue weighted by Crippen LogP contribution is -2.10. The van der Waals surface area contributed by atoms with Crippen molar-refractivity contribution in [1.82, 2.24) is 4.98 Å². The van der Waals surface area contributed by atoms with Gasteiger partial charge in [-0.1, -0.05) is 18.2 Å². The summed E-state index contributed by atoms with van der Waals surface area (Å²) < 4.78 is 0. The molecule has 0 saturated heterocycles. The summed E-state index contributed by atoms with van der Waals surface area (Å²) in [7, 11) is 0. The lowest BCUT2D eigenvalue weighted by Gasteiger charge is -2.21. The highest BCUT2D eigenvalue weighted by molar-refractivity contribution is 7.99. The number of aliphatic imine (C=N–C) groups is 1. The van der Waals surface area contributed by atoms with Crippen LogP contribution in [0.15, 0.2) is 34.3 Å². The van der Waals surface area contributed by atoms with Gasteiger partial charge in [0.05, 0.1) is 5.03 Å². The molecule has 94 valence electrons. The van der Waals surface area contributed by atoms with Gasteiger partial charge in [-0.25, -0.2) is 0 Å². The molecule has 0 radical (unpaired) electrons. The molecule has 1 aromatic carbocycles. The van der Waals surface area contributed by atoms with Crippen LogP contribution in [0.2, 0.25) is 0 Å². The average Bonchev–Trinajstić information content (AvgIpc) is 2.75. The maximum Gasteiger partial charge on any atom is 0.0768 e. The molecule has 2 aromatic rings. The average molecular weight is 258 g/mol. The minimum atomic E-state index is 0.576. The predicted molar refractivity (Wildman–Crippen MR) is 80.0 cm³/mol. The number of hydrogen-bond acceptors (Lipinski definition) is 2. The van der Waals surface area contributed by atoms with Gasteiger partial charge >= 0.3 is 0 Å². The van der Waals surface area contributed by atoms with Crippen molar-refractivity contribution in [3.8, 4) is 0 Å². The first kappa shape index (κ1) is 11.8. The highest BCUT2D eigenvalue weighted by atomic mass is 32.2. The van der Waals surface area contributed by atoms with Gasteiger partial charge in [-0.15, -0.1) is 11.8 Å². The molecule has 1 unspecified atom stereocenters. The first-order valence-corrected chi connectivity index (χ1v) is 7.45. The topological polar surface area (TPSA) is 28.1 Å². The van der Waals surface area contributed by atoms with E-state index in [4.69, 9.17) is 0 Å². The van der Waals surface area contributed by atoms with Crippen molar-refractivity contribution in [2.75, 3.05) is 12.3 Å². The highest BCUT2D eigenvalue weighted by Crippen LogP contribution is 2.41. The standard InChI is InChI=1S/C15H18N2S/c1-10(2)16-9-11-7-8-18-15-14(11)12-5-3-4-6-13(12)17-15/h3-6,11,17H,7-9H2,1-2H3. The summed E-state index contributed by atoms with van der Waals surface area (Å²) in [6, 6.07) is 8.62. The van der Waals surface area contributed by atoms with E-state index in [0.717, 1.165) is 6.54 Å². The molecule has 0 amide bonds. The van der Waals surface area contributed by atoms with Crippen LogP contribution in [0.3, 0.4) is 0 Å². The van der Waals surface area contributed by atoms with Crippen LogP contribution >= 0.6 is 11.8 Å². The Balaban J connectivity index is 2.05. The highest BCUT2D eigenvalue weighted by Gasteiger charge is 2.24. The van der Waals surface area contributed by atoms with E-state index in [2.05, 4.69) is 48.1 Å². The number of hydrogen-bond donors (Lipinski definition) is 1. The minimum absolute atomic E-state index is 0.576. The first-order valence-electron chi connectivity index (χ1n) is 6.47. The molecule has 2 nitrogen and oxygen atoms in total. The number of rotatable bonds is 2. The van der Waals surface area contributed by atoms with Crippen molar-refractivity contribution >= 4 is 28.4 Å². The van der Waals surface area contributed by atoms with Crippen LogP contribution in [-0.4, -0.2) is 23.0 Å². The third kappa shape index (κ3) is 2.07. The van der Waals surface area contributed by atoms with E-state index < -0.39 is 0 Å². The summed E-state index contributed by atoms with van der Waals surface area (Å²) in [5.41, 5.74) is 3.93. The van der Waals surface area contributed by atoms with Gasteiger partial charge in [0, 0.05) is 34.8 Å². The molecule has 1 N–H and O–H groups in total. The Kier molecular flexibility index (Phi) is 3.16. The molecule has 1 aromatic heterocycles. The van der Waals surface area contributed by atoms with Crippen LogP contribution < -0.4 is 0 Å². The summed E-state index contributed by atoms with van der Waals surface area (Å²) in [6.45, 7) is 5.08. The Morgan fingerprint density at radius 3 is 3.06 bits per heavy atom. The third-order valence-electron chi connectivity index (χ3n) is 3.46. The summed E-state index contributed by atoms with van der Waals surface area (Å²) in [5.74, 6) is 1.77. The van der Waals surface area contributed by atoms with Gasteiger partial charge in [0.2, 0.25) is 0 Å². The molecule has 0 fully saturated rings. The Hall–Kier alpha value is -1.22. The monoisotopic (exact) mass is 258 g/mol. The molecule has 0 saturated carbocycles. The Morgan fingerprint density at radius 1 is 1.39 bits per heavy atom. The molecule has 3 rings (SSSR count). The number of nitrogens with zero attached hydrogens (tertiary/aromatic N) is 1. The number of thioether (sulfide) groups is 1. The molecular formula is C15H18N2S. The van der Waals surface area contributed by atoms with Crippen molar-refractivity contribution in [3.05, 3.63) is 29.8 Å². The van der Waals surface area contributed by atoms with Crippen molar-refractivity contribution in [2.45, 2.75) is 31.2 Å². The van der Waals surface area contributed by atoms with Crippen LogP contribution in [-0.2, 0) is 0 Å². The van der Waals surface area contributed by atoms with Gasteiger partial charge in [0.15, 0.2) is 0 Å². The summed E-state index contributed by atoms with van der Waals surface area (Å²) in [6.07, 6.45) is 1.23. The van der Waals surface area contributed by atoms with Crippen LogP contribution in [0.5, 0.6) is 0 Å². The van der Waals surface area contributed by atoms with Crippen LogP contribution in [0.25, 0.3) is 10.9 Å². The van der Waals surface area contributed by atoms with Crippen LogP contribution in [0, 0.1) is 0 Å². The molecule has 3 heteroatoms. The van der Waals surface area contributed by atoms with E-state index in [1.165, 1.54) is 39.4 Å². The van der Waals surface area contributed by atoms with E-state index in [-0.39, 0.29) is 0 Å². The third-order valence-corrected chi connectivity index (χ3v) is 4.51. The second-order valence-electron chi connectivity index (χ2n) is 5.04. The maximum atomic E-state index is 4.63. The van der Waals surface area contributed by atoms with Crippen LogP contribution in [0.1, 0.15) is 31.7 Å². The zero-order valence-corrected chi connectivity index (χ0v) is 11.7. The smallest absolute Gasteiger partial charge is 0.0768 e. The van der Waals surface area contributed by atoms with Gasteiger partial charge < -0.3 is 4.98 Å². The van der Waals surface area contributed by atoms with Gasteiger partial charge in [-0.05, 0) is 31.9 Å². The van der Waals surface area contributed by atoms with Crippen molar-refractivity contribution in [3.63, 3.8) is 0 Å². The Morgan fingerprint density at radius 2 is 2.22 bits per heavy atom. The maximum absolute atomic E-state index is 4.63. The molecule has 1 aliphatic rings. The fraction of sp³-hybridized carbons (Fsp3) is 0.400. The molecule has 0 aliphatic carbocycles. The van der Waals surface area contributed by atoms with Gasteiger partial charge in [-0.2, -0.15) is 0 Å². The zero-order valence-electron chi connectivity index (χ0n) is 10.9. The number of H-pyrrole nitrogens is 1. The molecule has 1 aliphatic heterocycles. The second kappa shape index (κ2) is 4.81. The van der Waals surface area contributed by atoms with Crippen molar-refractivity contribution in [2.24, 2.45) is 4.99 Å². The van der Waals surface area contributed by atoms with Crippen molar-refractivity contribution < 1.29 is 0 Å². The summed E-state index contributed by atoms with van der Waals surface area (Å²) in [5, 5.41) is 2.74. The van der Waals surface area contributed by atoms with E-state index in [1.807, 2.05) is 11.8 Å². The zero-order chi connectivity index (χ0) is 12.5. The SMILES string of the molecule is CC(C)=NCC1CCSc2[nH]c3ccccc3c21. The number of benzene rings is 1. The van der Waals surface area contributed by atoms with E-state index in [1.54, 1.807) is 0 Å². The lowest BCUT2D eigenvalue weighted by atomic mass is 9.95. The predicted octanol–water partition coefficient (Wildman–Crippen LogP) is 4.23. The Bertz CT molecular complexity index is 594. The minimum Gasteiger partial charge on any atom is -0.349 e. The van der Waals surface area contributed by atoms with Gasteiger partial charge in [-0.3, -0.25) is 4.99 Å². The largest absolute Gasteiger partial charge is 0.349 e. The number of aromatic nitrogens is 1. The molecule has 0 bridgehead atoms. The molecule has 2 heterocycles. The van der Waals surface area contributed by atoms with E-state index >= 15 is 0 Å². The quantitative estimate of drug-likeness (QED) is 0.802. The summed E-state index contributed by atoms with van der Waals surface area (Å²) in [4.78, 5) is 8.18. The van der Waals surface area contributed by atoms with Gasteiger partial charge in [0.1, 0.15) is 0 Å². The van der Waals surface area contributed by atoms with Crippen LogP contribution in [0.4, 0.5) is 0 Å². The fourth-order valence-corrected chi connectivity index (χ4v) is 3.80. The number of nitrogens with one attached hydrogen (secondary N) is 1.